The predicted molar refractivity (Wildman–Crippen MR) is 73.4 cm³/mol. The summed E-state index contributed by atoms with van der Waals surface area (Å²) in [4.78, 5) is 14.2. The molecule has 1 atom stereocenters. The molecule has 0 bridgehead atoms. The Morgan fingerprint density at radius 3 is 3.00 bits per heavy atom. The van der Waals surface area contributed by atoms with Crippen LogP contribution in [0, 0.1) is 0 Å². The highest BCUT2D eigenvalue weighted by atomic mass is 32.2. The lowest BCUT2D eigenvalue weighted by Crippen LogP contribution is -2.37. The molecular weight excluding hydrogens is 232 g/mol. The fraction of sp³-hybridized carbons (Fsp3) is 0.923. The SMILES string of the molecule is O=C(CCC1CCCCN1)N1CCCSCC1. The Labute approximate surface area is 109 Å². The van der Waals surface area contributed by atoms with Crippen molar-refractivity contribution in [1.82, 2.24) is 10.2 Å². The topological polar surface area (TPSA) is 32.3 Å². The van der Waals surface area contributed by atoms with E-state index in [0.717, 1.165) is 44.6 Å². The van der Waals surface area contributed by atoms with E-state index in [2.05, 4.69) is 10.2 Å². The summed E-state index contributed by atoms with van der Waals surface area (Å²) in [6.07, 6.45) is 6.81. The van der Waals surface area contributed by atoms with Crippen LogP contribution in [0.15, 0.2) is 0 Å². The summed E-state index contributed by atoms with van der Waals surface area (Å²) < 4.78 is 0. The lowest BCUT2D eigenvalue weighted by atomic mass is 10.0. The first kappa shape index (κ1) is 13.2. The number of carbonyl (C=O) groups is 1. The van der Waals surface area contributed by atoms with Gasteiger partial charge in [0.15, 0.2) is 0 Å². The van der Waals surface area contributed by atoms with Crippen LogP contribution in [-0.4, -0.2) is 48.0 Å². The van der Waals surface area contributed by atoms with Crippen LogP contribution in [0.4, 0.5) is 0 Å². The molecule has 1 unspecified atom stereocenters. The van der Waals surface area contributed by atoms with E-state index in [1.54, 1.807) is 0 Å². The highest BCUT2D eigenvalue weighted by Gasteiger charge is 2.18. The van der Waals surface area contributed by atoms with Gasteiger partial charge in [-0.05, 0) is 38.0 Å². The second kappa shape index (κ2) is 7.27. The van der Waals surface area contributed by atoms with Gasteiger partial charge in [-0.3, -0.25) is 4.79 Å². The number of hydrogen-bond acceptors (Lipinski definition) is 3. The number of hydrogen-bond donors (Lipinski definition) is 1. The van der Waals surface area contributed by atoms with Gasteiger partial charge < -0.3 is 10.2 Å². The average Bonchev–Trinajstić information content (AvgIpc) is 2.66. The Morgan fingerprint density at radius 2 is 2.18 bits per heavy atom. The first-order valence-corrected chi connectivity index (χ1v) is 8.10. The molecule has 2 heterocycles. The minimum atomic E-state index is 0.375. The predicted octanol–water partition coefficient (Wildman–Crippen LogP) is 1.87. The van der Waals surface area contributed by atoms with Gasteiger partial charge in [-0.1, -0.05) is 6.42 Å². The lowest BCUT2D eigenvalue weighted by Gasteiger charge is -2.25. The maximum atomic E-state index is 12.1. The van der Waals surface area contributed by atoms with Crippen LogP contribution in [0.25, 0.3) is 0 Å². The molecule has 0 aromatic heterocycles. The first-order valence-electron chi connectivity index (χ1n) is 6.95. The van der Waals surface area contributed by atoms with E-state index in [0.29, 0.717) is 11.9 Å². The first-order chi connectivity index (χ1) is 8.36. The molecule has 17 heavy (non-hydrogen) atoms. The molecule has 2 fully saturated rings. The van der Waals surface area contributed by atoms with E-state index in [1.165, 1.54) is 25.0 Å². The molecule has 1 N–H and O–H groups in total. The molecule has 2 aliphatic rings. The van der Waals surface area contributed by atoms with Gasteiger partial charge in [-0.25, -0.2) is 0 Å². The molecule has 1 amide bonds. The zero-order valence-electron chi connectivity index (χ0n) is 10.6. The molecule has 4 heteroatoms. The Morgan fingerprint density at radius 1 is 1.24 bits per heavy atom. The van der Waals surface area contributed by atoms with Crippen molar-refractivity contribution >= 4 is 17.7 Å². The van der Waals surface area contributed by atoms with Gasteiger partial charge in [0.2, 0.25) is 5.91 Å². The maximum Gasteiger partial charge on any atom is 0.222 e. The van der Waals surface area contributed by atoms with Crippen molar-refractivity contribution in [2.75, 3.05) is 31.1 Å². The Kier molecular flexibility index (Phi) is 5.65. The van der Waals surface area contributed by atoms with E-state index < -0.39 is 0 Å². The zero-order valence-corrected chi connectivity index (χ0v) is 11.4. The Hall–Kier alpha value is -0.220. The summed E-state index contributed by atoms with van der Waals surface area (Å²) in [5, 5.41) is 3.51. The largest absolute Gasteiger partial charge is 0.342 e. The van der Waals surface area contributed by atoms with Crippen molar-refractivity contribution in [2.45, 2.75) is 44.6 Å². The number of rotatable bonds is 3. The third-order valence-corrected chi connectivity index (χ3v) is 4.74. The van der Waals surface area contributed by atoms with Crippen molar-refractivity contribution in [3.63, 3.8) is 0 Å². The molecule has 0 radical (unpaired) electrons. The summed E-state index contributed by atoms with van der Waals surface area (Å²) in [6.45, 7) is 3.07. The van der Waals surface area contributed by atoms with Gasteiger partial charge >= 0.3 is 0 Å². The van der Waals surface area contributed by atoms with Gasteiger partial charge in [0.1, 0.15) is 0 Å². The van der Waals surface area contributed by atoms with Crippen molar-refractivity contribution in [3.8, 4) is 0 Å². The highest BCUT2D eigenvalue weighted by molar-refractivity contribution is 7.99. The second-order valence-corrected chi connectivity index (χ2v) is 6.26. The van der Waals surface area contributed by atoms with Crippen LogP contribution < -0.4 is 5.32 Å². The van der Waals surface area contributed by atoms with E-state index >= 15 is 0 Å². The fourth-order valence-electron chi connectivity index (χ4n) is 2.62. The molecule has 0 aromatic rings. The highest BCUT2D eigenvalue weighted by Crippen LogP contribution is 2.15. The molecule has 2 saturated heterocycles. The number of piperidine rings is 1. The van der Waals surface area contributed by atoms with Gasteiger partial charge in [0, 0.05) is 31.3 Å². The molecule has 3 nitrogen and oxygen atoms in total. The Bertz CT molecular complexity index is 234. The van der Waals surface area contributed by atoms with Gasteiger partial charge in [0.25, 0.3) is 0 Å². The smallest absolute Gasteiger partial charge is 0.222 e. The van der Waals surface area contributed by atoms with Gasteiger partial charge in [0.05, 0.1) is 0 Å². The van der Waals surface area contributed by atoms with Crippen LogP contribution in [-0.2, 0) is 4.79 Å². The number of thioether (sulfide) groups is 1. The minimum Gasteiger partial charge on any atom is -0.342 e. The van der Waals surface area contributed by atoms with Crippen LogP contribution in [0.2, 0.25) is 0 Å². The standard InChI is InChI=1S/C13H24N2OS/c16-13(15-8-3-10-17-11-9-15)6-5-12-4-1-2-7-14-12/h12,14H,1-11H2. The molecule has 0 spiro atoms. The molecule has 0 aromatic carbocycles. The Balaban J connectivity index is 1.68. The van der Waals surface area contributed by atoms with Crippen molar-refractivity contribution in [1.29, 1.82) is 0 Å². The monoisotopic (exact) mass is 256 g/mol. The summed E-state index contributed by atoms with van der Waals surface area (Å²) in [6, 6.07) is 0.592. The second-order valence-electron chi connectivity index (χ2n) is 5.03. The van der Waals surface area contributed by atoms with Gasteiger partial charge in [-0.2, -0.15) is 11.8 Å². The quantitative estimate of drug-likeness (QED) is 0.837. The summed E-state index contributed by atoms with van der Waals surface area (Å²) >= 11 is 1.98. The van der Waals surface area contributed by atoms with E-state index in [4.69, 9.17) is 0 Å². The van der Waals surface area contributed by atoms with Gasteiger partial charge in [-0.15, -0.1) is 0 Å². The van der Waals surface area contributed by atoms with Crippen LogP contribution >= 0.6 is 11.8 Å². The van der Waals surface area contributed by atoms with Crippen molar-refractivity contribution in [2.24, 2.45) is 0 Å². The molecule has 98 valence electrons. The van der Waals surface area contributed by atoms with Crippen molar-refractivity contribution in [3.05, 3.63) is 0 Å². The van der Waals surface area contributed by atoms with E-state index in [9.17, 15) is 4.79 Å². The van der Waals surface area contributed by atoms with Crippen LogP contribution in [0.1, 0.15) is 38.5 Å². The zero-order chi connectivity index (χ0) is 11.9. The van der Waals surface area contributed by atoms with E-state index in [1.807, 2.05) is 11.8 Å². The summed E-state index contributed by atoms with van der Waals surface area (Å²) in [5.74, 6) is 2.71. The lowest BCUT2D eigenvalue weighted by molar-refractivity contribution is -0.131. The number of nitrogens with zero attached hydrogens (tertiary/aromatic N) is 1. The molecular formula is C13H24N2OS. The fourth-order valence-corrected chi connectivity index (χ4v) is 3.51. The van der Waals surface area contributed by atoms with Crippen molar-refractivity contribution < 1.29 is 4.79 Å². The number of amides is 1. The maximum absolute atomic E-state index is 12.1. The van der Waals surface area contributed by atoms with Crippen LogP contribution in [0.5, 0.6) is 0 Å². The number of carbonyl (C=O) groups excluding carboxylic acids is 1. The number of nitrogens with one attached hydrogen (secondary N) is 1. The molecule has 0 saturated carbocycles. The average molecular weight is 256 g/mol. The minimum absolute atomic E-state index is 0.375. The normalized spacial score (nSPS) is 26.6. The molecule has 0 aliphatic carbocycles. The molecule has 2 rings (SSSR count). The van der Waals surface area contributed by atoms with Crippen LogP contribution in [0.3, 0.4) is 0 Å². The summed E-state index contributed by atoms with van der Waals surface area (Å²) in [5.41, 5.74) is 0. The molecule has 2 aliphatic heterocycles. The third kappa shape index (κ3) is 4.51. The van der Waals surface area contributed by atoms with E-state index in [-0.39, 0.29) is 0 Å². The summed E-state index contributed by atoms with van der Waals surface area (Å²) in [7, 11) is 0. The third-order valence-electron chi connectivity index (χ3n) is 3.69.